The van der Waals surface area contributed by atoms with Crippen LogP contribution in [0.4, 0.5) is 0 Å². The lowest BCUT2D eigenvalue weighted by Gasteiger charge is -2.14. The molecule has 0 aromatic heterocycles. The number of carbonyl (C=O) groups excluding carboxylic acids is 1. The molecule has 0 fully saturated rings. The summed E-state index contributed by atoms with van der Waals surface area (Å²) in [6, 6.07) is 24.8. The smallest absolute Gasteiger partial charge is 0.274 e. The van der Waals surface area contributed by atoms with E-state index in [-0.39, 0.29) is 5.91 Å². The van der Waals surface area contributed by atoms with E-state index in [4.69, 9.17) is 4.84 Å². The summed E-state index contributed by atoms with van der Waals surface area (Å²) < 4.78 is 0. The van der Waals surface area contributed by atoms with Crippen LogP contribution in [0, 0.1) is 23.7 Å². The first-order chi connectivity index (χ1) is 13.7. The molecular formula is C25H19NO2. The SMILES string of the molecule is CON(C)C(=O)c1cc(C#Cc2ccccc2)ccc1C#Cc1ccccc1. The van der Waals surface area contributed by atoms with Gasteiger partial charge in [0.1, 0.15) is 0 Å². The third-order valence-electron chi connectivity index (χ3n) is 4.05. The molecule has 0 N–H and O–H groups in total. The molecule has 0 heterocycles. The Morgan fingerprint density at radius 3 is 1.86 bits per heavy atom. The first-order valence-electron chi connectivity index (χ1n) is 8.78. The summed E-state index contributed by atoms with van der Waals surface area (Å²) in [5.41, 5.74) is 3.61. The van der Waals surface area contributed by atoms with Crippen molar-refractivity contribution in [2.75, 3.05) is 14.2 Å². The highest BCUT2D eigenvalue weighted by Gasteiger charge is 2.15. The number of hydrogen-bond acceptors (Lipinski definition) is 2. The number of carbonyl (C=O) groups is 1. The van der Waals surface area contributed by atoms with E-state index in [0.717, 1.165) is 16.7 Å². The number of hydroxylamine groups is 2. The van der Waals surface area contributed by atoms with Gasteiger partial charge in [-0.15, -0.1) is 0 Å². The Morgan fingerprint density at radius 2 is 1.29 bits per heavy atom. The average Bonchev–Trinajstić information content (AvgIpc) is 2.77. The second-order valence-corrected chi connectivity index (χ2v) is 5.98. The van der Waals surface area contributed by atoms with Crippen LogP contribution in [-0.2, 0) is 4.84 Å². The van der Waals surface area contributed by atoms with Crippen LogP contribution < -0.4 is 0 Å². The maximum atomic E-state index is 12.7. The molecule has 3 rings (SSSR count). The highest BCUT2D eigenvalue weighted by Crippen LogP contribution is 2.14. The molecule has 3 aromatic rings. The Labute approximate surface area is 165 Å². The van der Waals surface area contributed by atoms with Gasteiger partial charge in [-0.25, -0.2) is 5.06 Å². The molecule has 0 aliphatic heterocycles. The second kappa shape index (κ2) is 9.24. The molecule has 0 radical (unpaired) electrons. The zero-order valence-corrected chi connectivity index (χ0v) is 15.8. The third kappa shape index (κ3) is 4.89. The molecule has 0 bridgehead atoms. The van der Waals surface area contributed by atoms with E-state index < -0.39 is 0 Å². The minimum Gasteiger partial charge on any atom is -0.274 e. The molecule has 3 heteroatoms. The summed E-state index contributed by atoms with van der Waals surface area (Å²) in [6.07, 6.45) is 0. The first kappa shape index (κ1) is 19.0. The Balaban J connectivity index is 1.99. The molecule has 0 spiro atoms. The minimum absolute atomic E-state index is 0.275. The molecule has 28 heavy (non-hydrogen) atoms. The van der Waals surface area contributed by atoms with Gasteiger partial charge in [0.15, 0.2) is 0 Å². The maximum absolute atomic E-state index is 12.7. The van der Waals surface area contributed by atoms with Gasteiger partial charge < -0.3 is 0 Å². The van der Waals surface area contributed by atoms with Gasteiger partial charge in [0.05, 0.1) is 12.7 Å². The molecule has 3 aromatic carbocycles. The summed E-state index contributed by atoms with van der Waals surface area (Å²) in [4.78, 5) is 17.8. The largest absolute Gasteiger partial charge is 0.278 e. The highest BCUT2D eigenvalue weighted by atomic mass is 16.7. The molecule has 136 valence electrons. The van der Waals surface area contributed by atoms with Crippen molar-refractivity contribution in [3.8, 4) is 23.7 Å². The fraction of sp³-hybridized carbons (Fsp3) is 0.0800. The molecule has 1 amide bonds. The van der Waals surface area contributed by atoms with Gasteiger partial charge >= 0.3 is 0 Å². The lowest BCUT2D eigenvalue weighted by Crippen LogP contribution is -2.26. The van der Waals surface area contributed by atoms with Gasteiger partial charge in [0.25, 0.3) is 5.91 Å². The van der Waals surface area contributed by atoms with Crippen molar-refractivity contribution < 1.29 is 9.63 Å². The number of nitrogens with zero attached hydrogens (tertiary/aromatic N) is 1. The normalized spacial score (nSPS) is 9.50. The first-order valence-corrected chi connectivity index (χ1v) is 8.78. The Hall–Kier alpha value is -3.79. The van der Waals surface area contributed by atoms with Crippen LogP contribution in [0.3, 0.4) is 0 Å². The molecule has 0 saturated carbocycles. The van der Waals surface area contributed by atoms with E-state index in [2.05, 4.69) is 23.7 Å². The maximum Gasteiger partial charge on any atom is 0.278 e. The minimum atomic E-state index is -0.275. The molecule has 0 saturated heterocycles. The number of amides is 1. The fourth-order valence-corrected chi connectivity index (χ4v) is 2.49. The Morgan fingerprint density at radius 1 is 0.750 bits per heavy atom. The van der Waals surface area contributed by atoms with Crippen molar-refractivity contribution in [2.24, 2.45) is 0 Å². The van der Waals surface area contributed by atoms with Crippen LogP contribution in [0.15, 0.2) is 78.9 Å². The topological polar surface area (TPSA) is 29.5 Å². The van der Waals surface area contributed by atoms with Gasteiger partial charge in [0, 0.05) is 29.3 Å². The summed E-state index contributed by atoms with van der Waals surface area (Å²) in [6.45, 7) is 0. The summed E-state index contributed by atoms with van der Waals surface area (Å²) in [5, 5.41) is 1.18. The summed E-state index contributed by atoms with van der Waals surface area (Å²) in [7, 11) is 3.02. The van der Waals surface area contributed by atoms with Crippen molar-refractivity contribution >= 4 is 5.91 Å². The second-order valence-electron chi connectivity index (χ2n) is 5.98. The quantitative estimate of drug-likeness (QED) is 0.505. The lowest BCUT2D eigenvalue weighted by atomic mass is 10.0. The number of rotatable bonds is 2. The van der Waals surface area contributed by atoms with Crippen LogP contribution in [0.1, 0.15) is 32.6 Å². The van der Waals surface area contributed by atoms with Crippen LogP contribution in [0.2, 0.25) is 0 Å². The van der Waals surface area contributed by atoms with E-state index in [1.165, 1.54) is 12.2 Å². The highest BCUT2D eigenvalue weighted by molar-refractivity contribution is 5.96. The van der Waals surface area contributed by atoms with Gasteiger partial charge in [-0.05, 0) is 42.5 Å². The molecule has 0 atom stereocenters. The molecular weight excluding hydrogens is 346 g/mol. The third-order valence-corrected chi connectivity index (χ3v) is 4.05. The van der Waals surface area contributed by atoms with Gasteiger partial charge in [0.2, 0.25) is 0 Å². The van der Waals surface area contributed by atoms with Crippen molar-refractivity contribution in [3.63, 3.8) is 0 Å². The van der Waals surface area contributed by atoms with E-state index >= 15 is 0 Å². The van der Waals surface area contributed by atoms with Crippen molar-refractivity contribution in [2.45, 2.75) is 0 Å². The lowest BCUT2D eigenvalue weighted by molar-refractivity contribution is -0.0757. The van der Waals surface area contributed by atoms with Crippen molar-refractivity contribution in [1.82, 2.24) is 5.06 Å². The van der Waals surface area contributed by atoms with Gasteiger partial charge in [-0.2, -0.15) is 0 Å². The molecule has 0 unspecified atom stereocenters. The zero-order chi connectivity index (χ0) is 19.8. The predicted octanol–water partition coefficient (Wildman–Crippen LogP) is 4.12. The van der Waals surface area contributed by atoms with Gasteiger partial charge in [-0.1, -0.05) is 60.1 Å². The van der Waals surface area contributed by atoms with E-state index in [1.807, 2.05) is 72.8 Å². The molecule has 0 aliphatic carbocycles. The fourth-order valence-electron chi connectivity index (χ4n) is 2.49. The van der Waals surface area contributed by atoms with Crippen LogP contribution in [-0.4, -0.2) is 25.1 Å². The van der Waals surface area contributed by atoms with Gasteiger partial charge in [-0.3, -0.25) is 9.63 Å². The van der Waals surface area contributed by atoms with Crippen LogP contribution in [0.25, 0.3) is 0 Å². The molecule has 0 aliphatic rings. The van der Waals surface area contributed by atoms with Crippen LogP contribution in [0.5, 0.6) is 0 Å². The standard InChI is InChI=1S/C25H19NO2/c1-26(28-2)25(27)24-19-22(14-13-20-9-5-3-6-10-20)16-18-23(24)17-15-21-11-7-4-8-12-21/h3-12,16,18-19H,1-2H3. The Bertz CT molecular complexity index is 1080. The summed E-state index contributed by atoms with van der Waals surface area (Å²) in [5.74, 6) is 12.1. The van der Waals surface area contributed by atoms with E-state index in [0.29, 0.717) is 11.1 Å². The van der Waals surface area contributed by atoms with E-state index in [1.54, 1.807) is 13.1 Å². The number of hydrogen-bond donors (Lipinski definition) is 0. The predicted molar refractivity (Wildman–Crippen MR) is 110 cm³/mol. The zero-order valence-electron chi connectivity index (χ0n) is 15.8. The Kier molecular flexibility index (Phi) is 6.26. The van der Waals surface area contributed by atoms with Crippen LogP contribution >= 0.6 is 0 Å². The number of benzene rings is 3. The monoisotopic (exact) mass is 365 g/mol. The van der Waals surface area contributed by atoms with E-state index in [9.17, 15) is 4.79 Å². The molecule has 3 nitrogen and oxygen atoms in total. The van der Waals surface area contributed by atoms with Crippen molar-refractivity contribution in [3.05, 3.63) is 107 Å². The van der Waals surface area contributed by atoms with Crippen molar-refractivity contribution in [1.29, 1.82) is 0 Å². The summed E-state index contributed by atoms with van der Waals surface area (Å²) >= 11 is 0. The average molecular weight is 365 g/mol.